The predicted octanol–water partition coefficient (Wildman–Crippen LogP) is 7.85. The Labute approximate surface area is 203 Å². The Hall–Kier alpha value is -1.12. The van der Waals surface area contributed by atoms with Crippen LogP contribution in [0.15, 0.2) is 0 Å². The molecule has 4 heteroatoms. The average Bonchev–Trinajstić information content (AvgIpc) is 2.71. The maximum absolute atomic E-state index is 4.86. The molecule has 2 aromatic carbocycles. The van der Waals surface area contributed by atoms with E-state index in [0.717, 1.165) is 37.6 Å². The summed E-state index contributed by atoms with van der Waals surface area (Å²) in [5, 5.41) is 14.4. The van der Waals surface area contributed by atoms with Gasteiger partial charge in [0.2, 0.25) is 0 Å². The zero-order chi connectivity index (χ0) is 21.9. The molecule has 2 aromatic rings. The standard InChI is InChI=1S/C26H38N3.Zr/c1-15-17(3)21(7)25(22(8)18(15)4)28-13-11-27-12-14-29-26-23(9)19(5)16(2)20(6)24(26)10;/h11-14H2,1-10H3;/q-3;+3. The van der Waals surface area contributed by atoms with Gasteiger partial charge in [-0.25, -0.2) is 0 Å². The first-order valence-electron chi connectivity index (χ1n) is 10.7. The molecule has 0 N–H and O–H groups in total. The van der Waals surface area contributed by atoms with Gasteiger partial charge in [-0.15, -0.1) is 11.4 Å². The normalized spacial score (nSPS) is 10.7. The molecule has 2 rings (SSSR count). The van der Waals surface area contributed by atoms with Gasteiger partial charge in [0.25, 0.3) is 0 Å². The van der Waals surface area contributed by atoms with Crippen molar-refractivity contribution in [1.82, 2.24) is 0 Å². The smallest absolute Gasteiger partial charge is 0.685 e. The molecule has 0 bridgehead atoms. The summed E-state index contributed by atoms with van der Waals surface area (Å²) in [4.78, 5) is 0. The van der Waals surface area contributed by atoms with Crippen molar-refractivity contribution in [3.05, 3.63) is 71.6 Å². The maximum Gasteiger partial charge on any atom is 3.00 e. The molecule has 3 nitrogen and oxygen atoms in total. The first-order chi connectivity index (χ1) is 13.6. The molecule has 1 radical (unpaired) electrons. The Morgan fingerprint density at radius 3 is 0.867 bits per heavy atom. The van der Waals surface area contributed by atoms with E-state index in [2.05, 4.69) is 74.6 Å². The van der Waals surface area contributed by atoms with E-state index < -0.39 is 0 Å². The van der Waals surface area contributed by atoms with E-state index in [9.17, 15) is 0 Å². The molecule has 0 atom stereocenters. The number of rotatable bonds is 8. The maximum atomic E-state index is 4.86. The van der Waals surface area contributed by atoms with Crippen LogP contribution in [0, 0.1) is 69.2 Å². The van der Waals surface area contributed by atoms with Gasteiger partial charge in [-0.05, 0) is 103 Å². The molecule has 0 aromatic heterocycles. The van der Waals surface area contributed by atoms with Gasteiger partial charge < -0.3 is 16.0 Å². The molecule has 0 amide bonds. The summed E-state index contributed by atoms with van der Waals surface area (Å²) in [5.74, 6) is 0. The van der Waals surface area contributed by atoms with Crippen molar-refractivity contribution in [2.75, 3.05) is 26.2 Å². The Morgan fingerprint density at radius 2 is 0.600 bits per heavy atom. The van der Waals surface area contributed by atoms with Crippen LogP contribution in [0.2, 0.25) is 0 Å². The zero-order valence-corrected chi connectivity index (χ0v) is 23.1. The van der Waals surface area contributed by atoms with Crippen LogP contribution in [0.1, 0.15) is 55.6 Å². The van der Waals surface area contributed by atoms with E-state index in [1.165, 1.54) is 55.6 Å². The summed E-state index contributed by atoms with van der Waals surface area (Å²) in [6, 6.07) is 0. The fourth-order valence-electron chi connectivity index (χ4n) is 4.01. The Balaban J connectivity index is 0.00000450. The third-order valence-electron chi connectivity index (χ3n) is 6.98. The van der Waals surface area contributed by atoms with Crippen molar-refractivity contribution in [3.8, 4) is 0 Å². The molecule has 0 aliphatic carbocycles. The van der Waals surface area contributed by atoms with Crippen LogP contribution < -0.4 is 0 Å². The molecule has 0 aliphatic rings. The monoisotopic (exact) mass is 482 g/mol. The fraction of sp³-hybridized carbons (Fsp3) is 0.538. The molecule has 0 fully saturated rings. The van der Waals surface area contributed by atoms with Gasteiger partial charge >= 0.3 is 26.2 Å². The zero-order valence-electron chi connectivity index (χ0n) is 20.7. The number of nitrogens with zero attached hydrogens (tertiary/aromatic N) is 3. The third kappa shape index (κ3) is 5.57. The van der Waals surface area contributed by atoms with Crippen LogP contribution in [0.5, 0.6) is 0 Å². The fourth-order valence-corrected chi connectivity index (χ4v) is 4.01. The molecule has 161 valence electrons. The van der Waals surface area contributed by atoms with Gasteiger partial charge in [-0.2, -0.15) is 26.2 Å². The summed E-state index contributed by atoms with van der Waals surface area (Å²) in [7, 11) is 0. The molecule has 0 saturated heterocycles. The Bertz CT molecular complexity index is 769. The second-order valence-electron chi connectivity index (χ2n) is 8.38. The van der Waals surface area contributed by atoms with E-state index in [-0.39, 0.29) is 26.2 Å². The third-order valence-corrected chi connectivity index (χ3v) is 6.98. The van der Waals surface area contributed by atoms with Crippen LogP contribution in [0.3, 0.4) is 0 Å². The summed E-state index contributed by atoms with van der Waals surface area (Å²) in [6.07, 6.45) is 0. The molecule has 30 heavy (non-hydrogen) atoms. The number of hydrogen-bond donors (Lipinski definition) is 0. The number of benzene rings is 2. The Morgan fingerprint density at radius 1 is 0.367 bits per heavy atom. The van der Waals surface area contributed by atoms with Crippen molar-refractivity contribution < 1.29 is 26.2 Å². The van der Waals surface area contributed by atoms with Crippen LogP contribution in [0.4, 0.5) is 11.4 Å². The van der Waals surface area contributed by atoms with E-state index in [4.69, 9.17) is 10.6 Å². The van der Waals surface area contributed by atoms with Gasteiger partial charge in [0, 0.05) is 0 Å². The van der Waals surface area contributed by atoms with Crippen molar-refractivity contribution in [2.45, 2.75) is 69.2 Å². The minimum atomic E-state index is 0. The quantitative estimate of drug-likeness (QED) is 0.343. The van der Waals surface area contributed by atoms with Gasteiger partial charge in [0.1, 0.15) is 0 Å². The summed E-state index contributed by atoms with van der Waals surface area (Å²) in [6.45, 7) is 24.9. The summed E-state index contributed by atoms with van der Waals surface area (Å²) < 4.78 is 0. The largest absolute Gasteiger partial charge is 3.00 e. The van der Waals surface area contributed by atoms with Crippen LogP contribution in [0.25, 0.3) is 16.0 Å². The number of hydrogen-bond acceptors (Lipinski definition) is 0. The minimum Gasteiger partial charge on any atom is -0.685 e. The molecule has 0 aliphatic heterocycles. The van der Waals surface area contributed by atoms with Crippen LogP contribution in [-0.4, -0.2) is 26.2 Å². The topological polar surface area (TPSA) is 42.3 Å². The van der Waals surface area contributed by atoms with E-state index in [1.807, 2.05) is 0 Å². The minimum absolute atomic E-state index is 0. The second-order valence-corrected chi connectivity index (χ2v) is 8.38. The van der Waals surface area contributed by atoms with E-state index in [0.29, 0.717) is 0 Å². The average molecular weight is 484 g/mol. The van der Waals surface area contributed by atoms with Crippen LogP contribution in [-0.2, 0) is 26.2 Å². The summed E-state index contributed by atoms with van der Waals surface area (Å²) in [5.41, 5.74) is 15.7. The van der Waals surface area contributed by atoms with Crippen molar-refractivity contribution in [3.63, 3.8) is 0 Å². The SMILES string of the molecule is Cc1c(C)c(C)c([N-]CC[N-]CC[N-]c2c(C)c(C)c(C)c(C)c2C)c(C)c1C.[Zr+3]. The van der Waals surface area contributed by atoms with Gasteiger partial charge in [0.15, 0.2) is 0 Å². The van der Waals surface area contributed by atoms with E-state index >= 15 is 0 Å². The predicted molar refractivity (Wildman–Crippen MR) is 129 cm³/mol. The summed E-state index contributed by atoms with van der Waals surface area (Å²) >= 11 is 0. The molecule has 0 spiro atoms. The van der Waals surface area contributed by atoms with Gasteiger partial charge in [-0.3, -0.25) is 0 Å². The van der Waals surface area contributed by atoms with Crippen molar-refractivity contribution in [2.24, 2.45) is 0 Å². The molecule has 0 saturated carbocycles. The van der Waals surface area contributed by atoms with Crippen LogP contribution >= 0.6 is 0 Å². The van der Waals surface area contributed by atoms with Gasteiger partial charge in [-0.1, -0.05) is 22.3 Å². The molecular weight excluding hydrogens is 446 g/mol. The first-order valence-corrected chi connectivity index (χ1v) is 10.7. The Kier molecular flexibility index (Phi) is 10.3. The van der Waals surface area contributed by atoms with Gasteiger partial charge in [0.05, 0.1) is 0 Å². The first kappa shape index (κ1) is 26.9. The van der Waals surface area contributed by atoms with Crippen molar-refractivity contribution >= 4 is 11.4 Å². The molecular formula is C26H38N3Zr. The van der Waals surface area contributed by atoms with Crippen molar-refractivity contribution in [1.29, 1.82) is 0 Å². The van der Waals surface area contributed by atoms with E-state index in [1.54, 1.807) is 0 Å². The molecule has 0 heterocycles. The molecule has 0 unspecified atom stereocenters. The second kappa shape index (κ2) is 11.5.